The zero-order valence-corrected chi connectivity index (χ0v) is 20.2. The van der Waals surface area contributed by atoms with E-state index in [0.29, 0.717) is 13.0 Å². The molecule has 34 heavy (non-hydrogen) atoms. The van der Waals surface area contributed by atoms with E-state index in [1.54, 1.807) is 23.5 Å². The van der Waals surface area contributed by atoms with Gasteiger partial charge in [-0.2, -0.15) is 5.10 Å². The highest BCUT2D eigenvalue weighted by atomic mass is 32.1. The Labute approximate surface area is 204 Å². The molecular weight excluding hydrogens is 446 g/mol. The zero-order valence-electron chi connectivity index (χ0n) is 19.3. The highest BCUT2D eigenvalue weighted by Gasteiger charge is 2.34. The number of hydrogen-bond acceptors (Lipinski definition) is 7. The second-order valence-electron chi connectivity index (χ2n) is 8.58. The van der Waals surface area contributed by atoms with Crippen molar-refractivity contribution in [2.24, 2.45) is 5.10 Å². The summed E-state index contributed by atoms with van der Waals surface area (Å²) in [5, 5.41) is 9.60. The number of methoxy groups -OCH3 is 1. The Kier molecular flexibility index (Phi) is 6.87. The summed E-state index contributed by atoms with van der Waals surface area (Å²) in [6.07, 6.45) is 3.55. The molecule has 7 nitrogen and oxygen atoms in total. The van der Waals surface area contributed by atoms with Gasteiger partial charge in [-0.1, -0.05) is 42.5 Å². The maximum atomic E-state index is 13.5. The van der Waals surface area contributed by atoms with Gasteiger partial charge < -0.3 is 9.64 Å². The van der Waals surface area contributed by atoms with E-state index >= 15 is 0 Å². The van der Waals surface area contributed by atoms with Crippen LogP contribution in [0.1, 0.15) is 30.0 Å². The van der Waals surface area contributed by atoms with Crippen LogP contribution >= 0.6 is 11.3 Å². The Morgan fingerprint density at radius 2 is 1.88 bits per heavy atom. The van der Waals surface area contributed by atoms with E-state index < -0.39 is 0 Å². The third kappa shape index (κ3) is 4.98. The number of anilines is 1. The largest absolute Gasteiger partial charge is 0.497 e. The number of amides is 1. The first-order valence-corrected chi connectivity index (χ1v) is 12.5. The molecule has 5 rings (SSSR count). The lowest BCUT2D eigenvalue weighted by Crippen LogP contribution is -2.40. The van der Waals surface area contributed by atoms with Crippen LogP contribution in [0.3, 0.4) is 0 Å². The van der Waals surface area contributed by atoms with E-state index in [4.69, 9.17) is 9.84 Å². The zero-order chi connectivity index (χ0) is 23.3. The molecule has 0 bridgehead atoms. The number of benzene rings is 2. The van der Waals surface area contributed by atoms with Crippen molar-refractivity contribution in [3.8, 4) is 5.75 Å². The Bertz CT molecular complexity index is 1120. The van der Waals surface area contributed by atoms with Crippen molar-refractivity contribution in [2.45, 2.75) is 18.9 Å². The van der Waals surface area contributed by atoms with Gasteiger partial charge in [0.25, 0.3) is 5.91 Å². The summed E-state index contributed by atoms with van der Waals surface area (Å²) in [4.78, 5) is 22.6. The van der Waals surface area contributed by atoms with Crippen LogP contribution in [0.2, 0.25) is 0 Å². The number of hydrogen-bond donors (Lipinski definition) is 0. The second kappa shape index (κ2) is 10.4. The van der Waals surface area contributed by atoms with Crippen LogP contribution in [0.5, 0.6) is 5.75 Å². The highest BCUT2D eigenvalue weighted by molar-refractivity contribution is 7.13. The number of nitrogens with zero attached hydrogens (tertiary/aromatic N) is 5. The summed E-state index contributed by atoms with van der Waals surface area (Å²) in [6, 6.07) is 18.0. The quantitative estimate of drug-likeness (QED) is 0.539. The van der Waals surface area contributed by atoms with Crippen molar-refractivity contribution in [2.75, 3.05) is 44.7 Å². The first-order chi connectivity index (χ1) is 16.7. The van der Waals surface area contributed by atoms with Crippen molar-refractivity contribution < 1.29 is 9.53 Å². The first kappa shape index (κ1) is 22.6. The van der Waals surface area contributed by atoms with Crippen LogP contribution in [0.15, 0.2) is 71.3 Å². The Morgan fingerprint density at radius 1 is 1.06 bits per heavy atom. The van der Waals surface area contributed by atoms with Gasteiger partial charge in [0.15, 0.2) is 5.13 Å². The number of aromatic nitrogens is 1. The summed E-state index contributed by atoms with van der Waals surface area (Å²) in [6.45, 7) is 3.93. The number of thiazole rings is 1. The molecule has 2 aromatic carbocycles. The van der Waals surface area contributed by atoms with Crippen molar-refractivity contribution in [1.82, 2.24) is 14.9 Å². The fourth-order valence-corrected chi connectivity index (χ4v) is 5.28. The predicted molar refractivity (Wildman–Crippen MR) is 136 cm³/mol. The van der Waals surface area contributed by atoms with Gasteiger partial charge in [0.2, 0.25) is 0 Å². The fraction of sp³-hybridized carbons (Fsp3) is 0.346. The minimum Gasteiger partial charge on any atom is -0.497 e. The molecule has 3 heterocycles. The standard InChI is InChI=1S/C26H29N5O2S/c1-33-22-10-8-21(9-11-22)24-18-23(20-6-3-2-4-7-20)28-31(24)25(32)19-29-13-5-14-30(16-15-29)26-27-12-17-34-26/h2-4,6-12,17,24H,5,13-16,18-19H2,1H3. The predicted octanol–water partition coefficient (Wildman–Crippen LogP) is 4.04. The molecule has 8 heteroatoms. The maximum absolute atomic E-state index is 13.5. The minimum atomic E-state index is -0.118. The molecule has 2 aliphatic rings. The Balaban J connectivity index is 1.32. The first-order valence-electron chi connectivity index (χ1n) is 11.7. The third-order valence-electron chi connectivity index (χ3n) is 6.41. The minimum absolute atomic E-state index is 0.0365. The molecule has 176 valence electrons. The molecule has 1 fully saturated rings. The summed E-state index contributed by atoms with van der Waals surface area (Å²) >= 11 is 1.67. The molecule has 0 spiro atoms. The molecule has 2 aliphatic heterocycles. The second-order valence-corrected chi connectivity index (χ2v) is 9.45. The SMILES string of the molecule is COc1ccc(C2CC(c3ccccc3)=NN2C(=O)CN2CCCN(c3nccs3)CC2)cc1. The lowest BCUT2D eigenvalue weighted by Gasteiger charge is -2.26. The van der Waals surface area contributed by atoms with E-state index in [2.05, 4.69) is 26.9 Å². The summed E-state index contributed by atoms with van der Waals surface area (Å²) in [7, 11) is 1.66. The Morgan fingerprint density at radius 3 is 2.62 bits per heavy atom. The van der Waals surface area contributed by atoms with Crippen molar-refractivity contribution in [3.05, 3.63) is 77.3 Å². The number of carbonyl (C=O) groups is 1. The normalized spacial score (nSPS) is 19.1. The van der Waals surface area contributed by atoms with Gasteiger partial charge >= 0.3 is 0 Å². The molecule has 1 saturated heterocycles. The van der Waals surface area contributed by atoms with Crippen LogP contribution in [-0.4, -0.2) is 66.3 Å². The van der Waals surface area contributed by atoms with Gasteiger partial charge in [-0.25, -0.2) is 9.99 Å². The number of hydrazone groups is 1. The van der Waals surface area contributed by atoms with Gasteiger partial charge in [-0.15, -0.1) is 11.3 Å². The monoisotopic (exact) mass is 475 g/mol. The lowest BCUT2D eigenvalue weighted by molar-refractivity contribution is -0.134. The van der Waals surface area contributed by atoms with Gasteiger partial charge in [-0.05, 0) is 29.7 Å². The smallest absolute Gasteiger partial charge is 0.257 e. The maximum Gasteiger partial charge on any atom is 0.257 e. The fourth-order valence-electron chi connectivity index (χ4n) is 4.59. The van der Waals surface area contributed by atoms with E-state index in [1.165, 1.54) is 0 Å². The van der Waals surface area contributed by atoms with Crippen molar-refractivity contribution >= 4 is 28.1 Å². The van der Waals surface area contributed by atoms with E-state index in [9.17, 15) is 4.79 Å². The average Bonchev–Trinajstić information content (AvgIpc) is 3.52. The van der Waals surface area contributed by atoms with Crippen LogP contribution in [0.4, 0.5) is 5.13 Å². The van der Waals surface area contributed by atoms with E-state index in [-0.39, 0.29) is 11.9 Å². The molecular formula is C26H29N5O2S. The highest BCUT2D eigenvalue weighted by Crippen LogP contribution is 2.33. The molecule has 1 aromatic heterocycles. The van der Waals surface area contributed by atoms with Crippen LogP contribution in [0.25, 0.3) is 0 Å². The molecule has 0 aliphatic carbocycles. The van der Waals surface area contributed by atoms with Crippen molar-refractivity contribution in [3.63, 3.8) is 0 Å². The molecule has 3 aromatic rings. The molecule has 1 atom stereocenters. The van der Waals surface area contributed by atoms with Gasteiger partial charge in [-0.3, -0.25) is 9.69 Å². The van der Waals surface area contributed by atoms with E-state index in [0.717, 1.165) is 60.3 Å². The van der Waals surface area contributed by atoms with Gasteiger partial charge in [0, 0.05) is 44.2 Å². The lowest BCUT2D eigenvalue weighted by atomic mass is 9.98. The van der Waals surface area contributed by atoms with Gasteiger partial charge in [0.05, 0.1) is 25.4 Å². The van der Waals surface area contributed by atoms with Crippen LogP contribution in [-0.2, 0) is 4.79 Å². The van der Waals surface area contributed by atoms with Crippen LogP contribution < -0.4 is 9.64 Å². The molecule has 1 amide bonds. The summed E-state index contributed by atoms with van der Waals surface area (Å²) < 4.78 is 5.32. The Hall–Kier alpha value is -3.23. The number of carbonyl (C=O) groups excluding carboxylic acids is 1. The average molecular weight is 476 g/mol. The molecule has 1 unspecified atom stereocenters. The number of rotatable bonds is 6. The van der Waals surface area contributed by atoms with E-state index in [1.807, 2.05) is 54.0 Å². The molecule has 0 saturated carbocycles. The topological polar surface area (TPSA) is 61.3 Å². The third-order valence-corrected chi connectivity index (χ3v) is 7.24. The number of ether oxygens (including phenoxy) is 1. The molecule has 0 N–H and O–H groups in total. The van der Waals surface area contributed by atoms with Gasteiger partial charge in [0.1, 0.15) is 5.75 Å². The summed E-state index contributed by atoms with van der Waals surface area (Å²) in [5.41, 5.74) is 3.07. The van der Waals surface area contributed by atoms with Crippen molar-refractivity contribution in [1.29, 1.82) is 0 Å². The van der Waals surface area contributed by atoms with Crippen LogP contribution in [0, 0.1) is 0 Å². The molecule has 0 radical (unpaired) electrons. The summed E-state index contributed by atoms with van der Waals surface area (Å²) in [5.74, 6) is 0.840.